The van der Waals surface area contributed by atoms with Gasteiger partial charge in [-0.15, -0.1) is 0 Å². The van der Waals surface area contributed by atoms with Gasteiger partial charge in [-0.2, -0.15) is 0 Å². The lowest BCUT2D eigenvalue weighted by molar-refractivity contribution is -0.132. The van der Waals surface area contributed by atoms with Gasteiger partial charge in [0.25, 0.3) is 5.91 Å². The van der Waals surface area contributed by atoms with Gasteiger partial charge in [-0.1, -0.05) is 6.07 Å². The molecule has 2 aliphatic heterocycles. The summed E-state index contributed by atoms with van der Waals surface area (Å²) in [5, 5.41) is 2.33. The van der Waals surface area contributed by atoms with Crippen LogP contribution in [0.3, 0.4) is 0 Å². The zero-order valence-electron chi connectivity index (χ0n) is 10.9. The number of carbonyl (C=O) groups excluding carboxylic acids is 3. The van der Waals surface area contributed by atoms with Gasteiger partial charge in [-0.25, -0.2) is 0 Å². The van der Waals surface area contributed by atoms with Gasteiger partial charge in [0.15, 0.2) is 0 Å². The van der Waals surface area contributed by atoms with E-state index in [1.54, 1.807) is 18.2 Å². The summed E-state index contributed by atoms with van der Waals surface area (Å²) >= 11 is 0. The van der Waals surface area contributed by atoms with Crippen molar-refractivity contribution in [1.82, 2.24) is 10.2 Å². The van der Waals surface area contributed by atoms with Gasteiger partial charge in [0.05, 0.1) is 0 Å². The molecule has 6 heteroatoms. The number of amides is 3. The molecule has 1 fully saturated rings. The van der Waals surface area contributed by atoms with Crippen LogP contribution in [0.2, 0.25) is 0 Å². The summed E-state index contributed by atoms with van der Waals surface area (Å²) in [5.74, 6) is -0.866. The summed E-state index contributed by atoms with van der Waals surface area (Å²) < 4.78 is 0. The number of anilines is 1. The van der Waals surface area contributed by atoms with E-state index >= 15 is 0 Å². The maximum atomic E-state index is 12.4. The first-order valence-electron chi connectivity index (χ1n) is 6.60. The van der Waals surface area contributed by atoms with Crippen molar-refractivity contribution >= 4 is 23.4 Å². The Morgan fingerprint density at radius 1 is 1.25 bits per heavy atom. The van der Waals surface area contributed by atoms with E-state index in [2.05, 4.69) is 5.32 Å². The molecule has 0 radical (unpaired) electrons. The van der Waals surface area contributed by atoms with E-state index in [4.69, 9.17) is 5.73 Å². The predicted molar refractivity (Wildman–Crippen MR) is 71.5 cm³/mol. The molecule has 20 heavy (non-hydrogen) atoms. The Bertz CT molecular complexity index is 612. The second kappa shape index (κ2) is 4.63. The Kier molecular flexibility index (Phi) is 2.93. The molecule has 1 atom stereocenters. The predicted octanol–water partition coefficient (Wildman–Crippen LogP) is 0.420. The van der Waals surface area contributed by atoms with Crippen molar-refractivity contribution in [3.05, 3.63) is 29.3 Å². The van der Waals surface area contributed by atoms with Crippen LogP contribution in [0.4, 0.5) is 5.69 Å². The average molecular weight is 273 g/mol. The number of benzene rings is 1. The zero-order chi connectivity index (χ0) is 14.3. The van der Waals surface area contributed by atoms with Crippen LogP contribution in [0, 0.1) is 0 Å². The number of nitrogens with one attached hydrogen (secondary N) is 1. The minimum absolute atomic E-state index is 0.193. The van der Waals surface area contributed by atoms with Crippen LogP contribution in [0.25, 0.3) is 0 Å². The van der Waals surface area contributed by atoms with Gasteiger partial charge in [0.2, 0.25) is 11.8 Å². The Morgan fingerprint density at radius 3 is 2.80 bits per heavy atom. The Morgan fingerprint density at radius 2 is 2.05 bits per heavy atom. The molecule has 0 bridgehead atoms. The number of nitrogens with zero attached hydrogens (tertiary/aromatic N) is 1. The molecular formula is C14H15N3O3. The van der Waals surface area contributed by atoms with Crippen LogP contribution in [-0.4, -0.2) is 28.7 Å². The molecule has 3 N–H and O–H groups in total. The second-order valence-corrected chi connectivity index (χ2v) is 5.13. The van der Waals surface area contributed by atoms with E-state index in [1.165, 1.54) is 4.90 Å². The van der Waals surface area contributed by atoms with Crippen LogP contribution < -0.4 is 11.1 Å². The quantitative estimate of drug-likeness (QED) is 0.573. The normalized spacial score (nSPS) is 22.5. The van der Waals surface area contributed by atoms with Gasteiger partial charge < -0.3 is 10.6 Å². The van der Waals surface area contributed by atoms with Crippen molar-refractivity contribution in [2.24, 2.45) is 0 Å². The topological polar surface area (TPSA) is 92.5 Å². The van der Waals surface area contributed by atoms with Crippen molar-refractivity contribution in [3.8, 4) is 0 Å². The molecular weight excluding hydrogens is 258 g/mol. The summed E-state index contributed by atoms with van der Waals surface area (Å²) in [6.07, 6.45) is 1.41. The summed E-state index contributed by atoms with van der Waals surface area (Å²) in [6.45, 7) is 0.327. The van der Waals surface area contributed by atoms with Gasteiger partial charge in [0.1, 0.15) is 6.04 Å². The minimum atomic E-state index is -0.597. The third kappa shape index (κ3) is 1.93. The molecule has 0 unspecified atom stereocenters. The summed E-state index contributed by atoms with van der Waals surface area (Å²) in [7, 11) is 0. The highest BCUT2D eigenvalue weighted by atomic mass is 16.2. The number of nitrogen functional groups attached to an aromatic ring is 1. The summed E-state index contributed by atoms with van der Waals surface area (Å²) in [5.41, 5.74) is 7.75. The molecule has 3 amide bonds. The molecule has 6 nitrogen and oxygen atoms in total. The fourth-order valence-corrected chi connectivity index (χ4v) is 2.80. The number of fused-ring (bicyclic) bond motifs is 1. The van der Waals surface area contributed by atoms with E-state index in [1.807, 2.05) is 0 Å². The summed E-state index contributed by atoms with van der Waals surface area (Å²) in [4.78, 5) is 37.3. The van der Waals surface area contributed by atoms with Gasteiger partial charge in [0, 0.05) is 29.8 Å². The average Bonchev–Trinajstić information content (AvgIpc) is 2.64. The molecule has 0 spiro atoms. The first-order chi connectivity index (χ1) is 9.58. The van der Waals surface area contributed by atoms with Gasteiger partial charge in [-0.3, -0.25) is 19.7 Å². The highest BCUT2D eigenvalue weighted by Gasteiger charge is 2.38. The molecule has 0 aromatic heterocycles. The maximum Gasteiger partial charge on any atom is 0.255 e. The lowest BCUT2D eigenvalue weighted by Crippen LogP contribution is -2.46. The maximum absolute atomic E-state index is 12.4. The fourth-order valence-electron chi connectivity index (χ4n) is 2.80. The lowest BCUT2D eigenvalue weighted by Gasteiger charge is -2.24. The van der Waals surface area contributed by atoms with Crippen molar-refractivity contribution in [2.75, 3.05) is 5.73 Å². The highest BCUT2D eigenvalue weighted by Crippen LogP contribution is 2.30. The molecule has 0 aliphatic carbocycles. The smallest absolute Gasteiger partial charge is 0.255 e. The molecule has 3 rings (SSSR count). The highest BCUT2D eigenvalue weighted by molar-refractivity contribution is 6.05. The first-order valence-corrected chi connectivity index (χ1v) is 6.60. The van der Waals surface area contributed by atoms with Crippen molar-refractivity contribution in [3.63, 3.8) is 0 Å². The largest absolute Gasteiger partial charge is 0.398 e. The number of hydrogen-bond donors (Lipinski definition) is 2. The Balaban J connectivity index is 1.90. The van der Waals surface area contributed by atoms with E-state index in [-0.39, 0.29) is 11.8 Å². The van der Waals surface area contributed by atoms with Crippen LogP contribution >= 0.6 is 0 Å². The molecule has 104 valence electrons. The van der Waals surface area contributed by atoms with E-state index < -0.39 is 11.9 Å². The van der Waals surface area contributed by atoms with Crippen molar-refractivity contribution in [2.45, 2.75) is 31.8 Å². The number of carbonyl (C=O) groups is 3. The van der Waals surface area contributed by atoms with Crippen LogP contribution in [0.5, 0.6) is 0 Å². The fraction of sp³-hybridized carbons (Fsp3) is 0.357. The molecule has 1 aromatic carbocycles. The van der Waals surface area contributed by atoms with E-state index in [9.17, 15) is 14.4 Å². The SMILES string of the molecule is Nc1cccc2c1CN([C@H]1CCCC(=O)NC1=O)C2=O. The zero-order valence-corrected chi connectivity index (χ0v) is 10.9. The molecule has 0 saturated carbocycles. The molecule has 2 aliphatic rings. The van der Waals surface area contributed by atoms with Crippen LogP contribution in [-0.2, 0) is 16.1 Å². The number of nitrogens with two attached hydrogens (primary N) is 1. The standard InChI is InChI=1S/C14H15N3O3/c15-10-4-1-3-8-9(10)7-17(14(8)20)11-5-2-6-12(18)16-13(11)19/h1,3-4,11H,2,5-7,15H2,(H,16,18,19)/t11-/m0/s1. The van der Waals surface area contributed by atoms with E-state index in [0.717, 1.165) is 5.56 Å². The Labute approximate surface area is 115 Å². The van der Waals surface area contributed by atoms with Crippen LogP contribution in [0.1, 0.15) is 35.2 Å². The molecule has 1 saturated heterocycles. The van der Waals surface area contributed by atoms with Crippen molar-refractivity contribution in [1.29, 1.82) is 0 Å². The van der Waals surface area contributed by atoms with Crippen molar-refractivity contribution < 1.29 is 14.4 Å². The number of imide groups is 1. The summed E-state index contributed by atoms with van der Waals surface area (Å²) in [6, 6.07) is 4.59. The number of hydrogen-bond acceptors (Lipinski definition) is 4. The third-order valence-corrected chi connectivity index (χ3v) is 3.85. The third-order valence-electron chi connectivity index (χ3n) is 3.85. The molecule has 1 aromatic rings. The second-order valence-electron chi connectivity index (χ2n) is 5.13. The van der Waals surface area contributed by atoms with E-state index in [0.29, 0.717) is 37.1 Å². The van der Waals surface area contributed by atoms with Gasteiger partial charge >= 0.3 is 0 Å². The lowest BCUT2D eigenvalue weighted by atomic mass is 10.1. The van der Waals surface area contributed by atoms with Gasteiger partial charge in [-0.05, 0) is 25.0 Å². The molecule has 2 heterocycles. The first kappa shape index (κ1) is 12.7. The monoisotopic (exact) mass is 273 g/mol. The minimum Gasteiger partial charge on any atom is -0.398 e. The number of rotatable bonds is 1. The Hall–Kier alpha value is -2.37. The van der Waals surface area contributed by atoms with Crippen LogP contribution in [0.15, 0.2) is 18.2 Å².